The first-order valence-electron chi connectivity index (χ1n) is 6.82. The summed E-state index contributed by atoms with van der Waals surface area (Å²) in [6.07, 6.45) is 2.45. The fourth-order valence-electron chi connectivity index (χ4n) is 2.34. The molecule has 2 heterocycles. The molecule has 1 saturated heterocycles. The molecule has 1 aromatic rings. The average molecular weight is 349 g/mol. The van der Waals surface area contributed by atoms with E-state index >= 15 is 0 Å². The first-order chi connectivity index (χ1) is 9.95. The zero-order chi connectivity index (χ0) is 15.5. The highest BCUT2D eigenvalue weighted by molar-refractivity contribution is 7.91. The summed E-state index contributed by atoms with van der Waals surface area (Å²) in [6.45, 7) is 7.62. The minimum atomic E-state index is -2.88. The molecule has 0 amide bonds. The minimum absolute atomic E-state index is 0.0631. The van der Waals surface area contributed by atoms with Crippen molar-refractivity contribution in [3.63, 3.8) is 0 Å². The van der Waals surface area contributed by atoms with Crippen molar-refractivity contribution in [1.29, 1.82) is 0 Å². The first-order valence-corrected chi connectivity index (χ1v) is 9.87. The molecule has 1 aromatic heterocycles. The Kier molecular flexibility index (Phi) is 5.53. The van der Waals surface area contributed by atoms with Gasteiger partial charge in [-0.3, -0.25) is 4.90 Å². The van der Waals surface area contributed by atoms with Gasteiger partial charge in [0.15, 0.2) is 13.8 Å². The van der Waals surface area contributed by atoms with Crippen LogP contribution in [-0.2, 0) is 16.5 Å². The summed E-state index contributed by atoms with van der Waals surface area (Å²) in [5.41, 5.74) is 0. The Balaban J connectivity index is 2.07. The standard InChI is InChI=1S/C12H20N4O2S3/c1-3-6-13-11-14-16(12(19)20-11)9-15(4-2)10-5-7-21(17,18)8-10/h3,10H,1,4-9H2,2H3,(H,13,14)/t10-/m1/s1. The highest BCUT2D eigenvalue weighted by Gasteiger charge is 2.31. The molecule has 0 aliphatic carbocycles. The average Bonchev–Trinajstić information content (AvgIpc) is 2.96. The van der Waals surface area contributed by atoms with Crippen LogP contribution in [0, 0.1) is 3.95 Å². The van der Waals surface area contributed by atoms with Crippen molar-refractivity contribution in [3.05, 3.63) is 16.6 Å². The van der Waals surface area contributed by atoms with E-state index in [0.29, 0.717) is 23.6 Å². The van der Waals surface area contributed by atoms with Crippen LogP contribution in [0.1, 0.15) is 13.3 Å². The molecule has 1 N–H and O–H groups in total. The monoisotopic (exact) mass is 348 g/mol. The third-order valence-corrected chi connectivity index (χ3v) is 6.47. The normalized spacial score (nSPS) is 20.8. The van der Waals surface area contributed by atoms with Crippen molar-refractivity contribution >= 4 is 38.5 Å². The largest absolute Gasteiger partial charge is 0.357 e. The third-order valence-electron chi connectivity index (χ3n) is 3.45. The van der Waals surface area contributed by atoms with Gasteiger partial charge in [0.25, 0.3) is 0 Å². The lowest BCUT2D eigenvalue weighted by molar-refractivity contribution is 0.165. The summed E-state index contributed by atoms with van der Waals surface area (Å²) in [7, 11) is -2.88. The summed E-state index contributed by atoms with van der Waals surface area (Å²) in [4.78, 5) is 2.12. The van der Waals surface area contributed by atoms with E-state index in [4.69, 9.17) is 12.2 Å². The summed E-state index contributed by atoms with van der Waals surface area (Å²) in [5, 5.41) is 8.30. The lowest BCUT2D eigenvalue weighted by Gasteiger charge is -2.25. The van der Waals surface area contributed by atoms with Gasteiger partial charge in [0.05, 0.1) is 18.2 Å². The quantitative estimate of drug-likeness (QED) is 0.598. The van der Waals surface area contributed by atoms with Gasteiger partial charge in [-0.25, -0.2) is 13.1 Å². The van der Waals surface area contributed by atoms with Crippen LogP contribution in [-0.4, -0.2) is 53.7 Å². The molecule has 118 valence electrons. The number of anilines is 1. The minimum Gasteiger partial charge on any atom is -0.357 e. The van der Waals surface area contributed by atoms with Gasteiger partial charge in [-0.05, 0) is 25.2 Å². The molecule has 0 radical (unpaired) electrons. The molecular weight excluding hydrogens is 328 g/mol. The Bertz CT molecular complexity index is 650. The zero-order valence-corrected chi connectivity index (χ0v) is 14.4. The molecule has 6 nitrogen and oxygen atoms in total. The van der Waals surface area contributed by atoms with Gasteiger partial charge in [-0.2, -0.15) is 0 Å². The highest BCUT2D eigenvalue weighted by Crippen LogP contribution is 2.20. The number of aromatic nitrogens is 2. The van der Waals surface area contributed by atoms with E-state index in [0.717, 1.165) is 11.7 Å². The van der Waals surface area contributed by atoms with Crippen molar-refractivity contribution in [1.82, 2.24) is 14.7 Å². The van der Waals surface area contributed by atoms with E-state index in [1.165, 1.54) is 11.3 Å². The topological polar surface area (TPSA) is 67.2 Å². The maximum absolute atomic E-state index is 11.6. The van der Waals surface area contributed by atoms with E-state index in [1.807, 2.05) is 6.92 Å². The van der Waals surface area contributed by atoms with Crippen LogP contribution in [0.4, 0.5) is 5.13 Å². The fourth-order valence-corrected chi connectivity index (χ4v) is 5.10. The number of nitrogens with one attached hydrogen (secondary N) is 1. The van der Waals surface area contributed by atoms with Crippen LogP contribution in [0.25, 0.3) is 0 Å². The summed E-state index contributed by atoms with van der Waals surface area (Å²) in [5.74, 6) is 0.517. The maximum atomic E-state index is 11.6. The second-order valence-electron chi connectivity index (χ2n) is 4.95. The number of rotatable bonds is 7. The molecule has 0 bridgehead atoms. The summed E-state index contributed by atoms with van der Waals surface area (Å²) >= 11 is 6.73. The first kappa shape index (κ1) is 16.6. The van der Waals surface area contributed by atoms with E-state index in [1.54, 1.807) is 10.8 Å². The van der Waals surface area contributed by atoms with Crippen molar-refractivity contribution in [2.24, 2.45) is 0 Å². The smallest absolute Gasteiger partial charge is 0.204 e. The molecule has 0 saturated carbocycles. The van der Waals surface area contributed by atoms with E-state index < -0.39 is 9.84 Å². The van der Waals surface area contributed by atoms with E-state index in [-0.39, 0.29) is 17.5 Å². The second kappa shape index (κ2) is 6.99. The van der Waals surface area contributed by atoms with Gasteiger partial charge >= 0.3 is 0 Å². The predicted molar refractivity (Wildman–Crippen MR) is 89.1 cm³/mol. The Hall–Kier alpha value is -0.770. The van der Waals surface area contributed by atoms with Gasteiger partial charge < -0.3 is 5.32 Å². The molecule has 2 rings (SSSR count). The van der Waals surface area contributed by atoms with Gasteiger partial charge in [0.2, 0.25) is 5.13 Å². The number of hydrogen-bond acceptors (Lipinski definition) is 7. The van der Waals surface area contributed by atoms with Gasteiger partial charge in [-0.1, -0.05) is 24.3 Å². The lowest BCUT2D eigenvalue weighted by atomic mass is 10.2. The Morgan fingerprint density at radius 3 is 3.00 bits per heavy atom. The molecule has 21 heavy (non-hydrogen) atoms. The Morgan fingerprint density at radius 2 is 2.43 bits per heavy atom. The van der Waals surface area contributed by atoms with Gasteiger partial charge in [0, 0.05) is 12.6 Å². The highest BCUT2D eigenvalue weighted by atomic mass is 32.2. The summed E-state index contributed by atoms with van der Waals surface area (Å²) < 4.78 is 25.7. The van der Waals surface area contributed by atoms with E-state index in [9.17, 15) is 8.42 Å². The molecule has 0 spiro atoms. The Labute approximate surface area is 134 Å². The predicted octanol–water partition coefficient (Wildman–Crippen LogP) is 1.74. The van der Waals surface area contributed by atoms with Gasteiger partial charge in [-0.15, -0.1) is 11.7 Å². The molecule has 1 aliphatic heterocycles. The maximum Gasteiger partial charge on any atom is 0.204 e. The molecule has 1 aliphatic rings. The molecule has 1 fully saturated rings. The van der Waals surface area contributed by atoms with Crippen molar-refractivity contribution in [3.8, 4) is 0 Å². The number of hydrogen-bond donors (Lipinski definition) is 1. The van der Waals surface area contributed by atoms with E-state index in [2.05, 4.69) is 21.9 Å². The number of nitrogens with zero attached hydrogens (tertiary/aromatic N) is 3. The van der Waals surface area contributed by atoms with Crippen LogP contribution >= 0.6 is 23.6 Å². The zero-order valence-electron chi connectivity index (χ0n) is 12.0. The van der Waals surface area contributed by atoms with Crippen molar-refractivity contribution in [2.45, 2.75) is 26.1 Å². The Morgan fingerprint density at radius 1 is 1.67 bits per heavy atom. The van der Waals surface area contributed by atoms with Crippen molar-refractivity contribution < 1.29 is 8.42 Å². The number of sulfone groups is 1. The summed E-state index contributed by atoms with van der Waals surface area (Å²) in [6, 6.07) is 0.0631. The molecule has 1 atom stereocenters. The molecule has 9 heteroatoms. The fraction of sp³-hybridized carbons (Fsp3) is 0.667. The second-order valence-corrected chi connectivity index (χ2v) is 8.80. The molecular formula is C12H20N4O2S3. The lowest BCUT2D eigenvalue weighted by Crippen LogP contribution is -2.37. The van der Waals surface area contributed by atoms with Crippen LogP contribution in [0.3, 0.4) is 0 Å². The van der Waals surface area contributed by atoms with Gasteiger partial charge in [0.1, 0.15) is 0 Å². The van der Waals surface area contributed by atoms with Crippen LogP contribution in [0.5, 0.6) is 0 Å². The van der Waals surface area contributed by atoms with Crippen LogP contribution in [0.2, 0.25) is 0 Å². The molecule has 0 aromatic carbocycles. The van der Waals surface area contributed by atoms with Crippen LogP contribution < -0.4 is 5.32 Å². The molecule has 0 unspecified atom stereocenters. The SMILES string of the molecule is C=CCNc1nn(CN(CC)[C@@H]2CCS(=O)(=O)C2)c(=S)s1. The third kappa shape index (κ3) is 4.35. The van der Waals surface area contributed by atoms with Crippen LogP contribution in [0.15, 0.2) is 12.7 Å². The van der Waals surface area contributed by atoms with Crippen molar-refractivity contribution in [2.75, 3.05) is 29.9 Å².